The zero-order chi connectivity index (χ0) is 22.8. The molecule has 3 rings (SSSR count). The van der Waals surface area contributed by atoms with Gasteiger partial charge >= 0.3 is 17.9 Å². The summed E-state index contributed by atoms with van der Waals surface area (Å²) in [5.41, 5.74) is -0.795. The fourth-order valence-corrected chi connectivity index (χ4v) is 4.40. The van der Waals surface area contributed by atoms with E-state index in [1.807, 2.05) is 34.6 Å². The van der Waals surface area contributed by atoms with Gasteiger partial charge in [0.05, 0.1) is 12.5 Å². The molecule has 8 nitrogen and oxygen atoms in total. The van der Waals surface area contributed by atoms with Crippen LogP contribution in [-0.4, -0.2) is 42.5 Å². The molecule has 2 fully saturated rings. The number of epoxide rings is 1. The van der Waals surface area contributed by atoms with Crippen LogP contribution in [0.5, 0.6) is 0 Å². The van der Waals surface area contributed by atoms with Crippen LogP contribution in [0.3, 0.4) is 0 Å². The second-order valence-electron chi connectivity index (χ2n) is 9.52. The van der Waals surface area contributed by atoms with E-state index in [-0.39, 0.29) is 48.5 Å². The smallest absolute Gasteiger partial charge is 0.310 e. The van der Waals surface area contributed by atoms with Gasteiger partial charge in [-0.3, -0.25) is 14.4 Å². The number of allylic oxidation sites excluding steroid dienone is 1. The van der Waals surface area contributed by atoms with Crippen molar-refractivity contribution in [2.75, 3.05) is 6.61 Å². The Kier molecular flexibility index (Phi) is 7.29. The Bertz CT molecular complexity index is 721. The monoisotopic (exact) mass is 438 g/mol. The SMILES string of the molecule is CCCC(=O)OC1=CO[C@@H](OC(=O)CC(C)C)[C@H]2[C@@H]1C[C@H](OC(=O)CC(C)C)[C@]21CO1. The van der Waals surface area contributed by atoms with Crippen molar-refractivity contribution in [2.45, 2.75) is 84.7 Å². The van der Waals surface area contributed by atoms with E-state index < -0.39 is 23.9 Å². The van der Waals surface area contributed by atoms with Crippen LogP contribution in [0.4, 0.5) is 0 Å². The van der Waals surface area contributed by atoms with Gasteiger partial charge in [0.2, 0.25) is 6.29 Å². The van der Waals surface area contributed by atoms with Gasteiger partial charge in [0.1, 0.15) is 23.7 Å². The standard InChI is InChI=1S/C23H34O8/c1-6-7-18(24)29-16-11-27-22(31-20(26)9-14(4)5)21-15(16)10-17(23(21)12-28-23)30-19(25)8-13(2)3/h11,13-15,17,21-22H,6-10,12H2,1-5H3/t15-,17+,21-,22+,23-/m1/s1. The number of carbonyl (C=O) groups is 3. The van der Waals surface area contributed by atoms with Gasteiger partial charge < -0.3 is 23.7 Å². The van der Waals surface area contributed by atoms with Gasteiger partial charge in [-0.1, -0.05) is 34.6 Å². The average Bonchev–Trinajstić information content (AvgIpc) is 3.36. The molecule has 1 aliphatic carbocycles. The fraction of sp³-hybridized carbons (Fsp3) is 0.783. The van der Waals surface area contributed by atoms with E-state index in [1.165, 1.54) is 6.26 Å². The lowest BCUT2D eigenvalue weighted by molar-refractivity contribution is -0.196. The Morgan fingerprint density at radius 3 is 2.23 bits per heavy atom. The van der Waals surface area contributed by atoms with Gasteiger partial charge in [-0.2, -0.15) is 0 Å². The van der Waals surface area contributed by atoms with Crippen molar-refractivity contribution in [3.8, 4) is 0 Å². The lowest BCUT2D eigenvalue weighted by Gasteiger charge is -2.34. The van der Waals surface area contributed by atoms with E-state index in [0.29, 0.717) is 31.6 Å². The number of hydrogen-bond acceptors (Lipinski definition) is 8. The van der Waals surface area contributed by atoms with Crippen LogP contribution in [0.1, 0.15) is 66.7 Å². The van der Waals surface area contributed by atoms with Crippen molar-refractivity contribution in [1.82, 2.24) is 0 Å². The summed E-state index contributed by atoms with van der Waals surface area (Å²) >= 11 is 0. The Morgan fingerprint density at radius 2 is 1.68 bits per heavy atom. The second kappa shape index (κ2) is 9.59. The molecule has 0 aromatic rings. The van der Waals surface area contributed by atoms with Crippen molar-refractivity contribution in [3.63, 3.8) is 0 Å². The molecule has 8 heteroatoms. The summed E-state index contributed by atoms with van der Waals surface area (Å²) in [6.45, 7) is 10.0. The lowest BCUT2D eigenvalue weighted by Crippen LogP contribution is -2.45. The topological polar surface area (TPSA) is 101 Å². The highest BCUT2D eigenvalue weighted by molar-refractivity contribution is 5.71. The largest absolute Gasteiger partial charge is 0.459 e. The molecule has 0 bridgehead atoms. The maximum atomic E-state index is 12.4. The van der Waals surface area contributed by atoms with Gasteiger partial charge in [-0.25, -0.2) is 0 Å². The van der Waals surface area contributed by atoms with Crippen molar-refractivity contribution < 1.29 is 38.1 Å². The van der Waals surface area contributed by atoms with Crippen molar-refractivity contribution in [1.29, 1.82) is 0 Å². The van der Waals surface area contributed by atoms with E-state index in [2.05, 4.69) is 0 Å². The quantitative estimate of drug-likeness (QED) is 0.306. The minimum atomic E-state index is -0.888. The first-order chi connectivity index (χ1) is 14.7. The molecule has 5 atom stereocenters. The first-order valence-electron chi connectivity index (χ1n) is 11.2. The van der Waals surface area contributed by atoms with E-state index in [1.54, 1.807) is 0 Å². The molecule has 3 aliphatic rings. The van der Waals surface area contributed by atoms with Gasteiger partial charge in [-0.15, -0.1) is 0 Å². The Balaban J connectivity index is 1.81. The number of esters is 3. The number of hydrogen-bond donors (Lipinski definition) is 0. The maximum absolute atomic E-state index is 12.4. The predicted octanol–water partition coefficient (Wildman–Crippen LogP) is 3.48. The third-order valence-electron chi connectivity index (χ3n) is 5.82. The zero-order valence-corrected chi connectivity index (χ0v) is 19.1. The molecular formula is C23H34O8. The summed E-state index contributed by atoms with van der Waals surface area (Å²) in [6, 6.07) is 0. The minimum absolute atomic E-state index is 0.146. The molecule has 0 unspecified atom stereocenters. The van der Waals surface area contributed by atoms with Crippen molar-refractivity contribution in [2.24, 2.45) is 23.7 Å². The maximum Gasteiger partial charge on any atom is 0.310 e. The summed E-state index contributed by atoms with van der Waals surface area (Å²) in [6.07, 6.45) is 1.89. The third kappa shape index (κ3) is 5.40. The van der Waals surface area contributed by atoms with Crippen LogP contribution < -0.4 is 0 Å². The molecule has 1 saturated heterocycles. The van der Waals surface area contributed by atoms with Gasteiger partial charge in [0.15, 0.2) is 0 Å². The van der Waals surface area contributed by atoms with Crippen LogP contribution in [0, 0.1) is 23.7 Å². The Hall–Kier alpha value is -2.09. The summed E-state index contributed by atoms with van der Waals surface area (Å²) < 4.78 is 28.5. The number of ether oxygens (including phenoxy) is 5. The molecule has 0 amide bonds. The molecule has 2 aliphatic heterocycles. The fourth-order valence-electron chi connectivity index (χ4n) is 4.40. The number of carbonyl (C=O) groups excluding carboxylic acids is 3. The number of rotatable bonds is 9. The lowest BCUT2D eigenvalue weighted by atomic mass is 9.86. The molecule has 0 N–H and O–H groups in total. The summed E-state index contributed by atoms with van der Waals surface area (Å²) in [5, 5.41) is 0. The molecule has 0 radical (unpaired) electrons. The van der Waals surface area contributed by atoms with Crippen LogP contribution >= 0.6 is 0 Å². The highest BCUT2D eigenvalue weighted by atomic mass is 16.7. The van der Waals surface area contributed by atoms with E-state index in [0.717, 1.165) is 0 Å². The van der Waals surface area contributed by atoms with Gasteiger partial charge in [0.25, 0.3) is 0 Å². The molecular weight excluding hydrogens is 404 g/mol. The molecule has 0 aromatic carbocycles. The normalized spacial score (nSPS) is 31.1. The van der Waals surface area contributed by atoms with Crippen LogP contribution in [-0.2, 0) is 38.1 Å². The Morgan fingerprint density at radius 1 is 1.06 bits per heavy atom. The molecule has 1 spiro atoms. The van der Waals surface area contributed by atoms with Gasteiger partial charge in [0, 0.05) is 25.2 Å². The average molecular weight is 439 g/mol. The summed E-state index contributed by atoms with van der Waals surface area (Å²) in [7, 11) is 0. The summed E-state index contributed by atoms with van der Waals surface area (Å²) in [4.78, 5) is 36.8. The van der Waals surface area contributed by atoms with Crippen molar-refractivity contribution >= 4 is 17.9 Å². The van der Waals surface area contributed by atoms with E-state index in [9.17, 15) is 14.4 Å². The summed E-state index contributed by atoms with van der Waals surface area (Å²) in [5.74, 6) is -1.06. The highest BCUT2D eigenvalue weighted by Gasteiger charge is 2.71. The predicted molar refractivity (Wildman–Crippen MR) is 109 cm³/mol. The second-order valence-corrected chi connectivity index (χ2v) is 9.52. The first-order valence-corrected chi connectivity index (χ1v) is 11.2. The van der Waals surface area contributed by atoms with E-state index in [4.69, 9.17) is 23.7 Å². The zero-order valence-electron chi connectivity index (χ0n) is 19.1. The molecule has 1 saturated carbocycles. The molecule has 0 aromatic heterocycles. The van der Waals surface area contributed by atoms with Crippen LogP contribution in [0.15, 0.2) is 12.0 Å². The van der Waals surface area contributed by atoms with Crippen molar-refractivity contribution in [3.05, 3.63) is 12.0 Å². The van der Waals surface area contributed by atoms with Gasteiger partial charge in [-0.05, 0) is 24.7 Å². The highest BCUT2D eigenvalue weighted by Crippen LogP contribution is 2.58. The van der Waals surface area contributed by atoms with Crippen LogP contribution in [0.25, 0.3) is 0 Å². The number of fused-ring (bicyclic) bond motifs is 2. The Labute approximate surface area is 183 Å². The molecule has 174 valence electrons. The molecule has 2 heterocycles. The first kappa shape index (κ1) is 23.6. The van der Waals surface area contributed by atoms with Crippen LogP contribution in [0.2, 0.25) is 0 Å². The van der Waals surface area contributed by atoms with E-state index >= 15 is 0 Å². The minimum Gasteiger partial charge on any atom is -0.459 e. The molecule has 31 heavy (non-hydrogen) atoms. The third-order valence-corrected chi connectivity index (χ3v) is 5.82.